The average molecular weight is 403 g/mol. The second-order valence-corrected chi connectivity index (χ2v) is 7.28. The number of carbonyl (C=O) groups excluding carboxylic acids is 1. The summed E-state index contributed by atoms with van der Waals surface area (Å²) in [5, 5.41) is 0.868. The van der Waals surface area contributed by atoms with Gasteiger partial charge in [-0.2, -0.15) is 0 Å². The first-order valence-electron chi connectivity index (χ1n) is 6.21. The molecule has 1 amide bonds. The van der Waals surface area contributed by atoms with Crippen LogP contribution in [-0.2, 0) is 4.79 Å². The predicted molar refractivity (Wildman–Crippen MR) is 93.3 cm³/mol. The smallest absolute Gasteiger partial charge is 0.238 e. The number of rotatable bonds is 2. The Balaban J connectivity index is 2.04. The van der Waals surface area contributed by atoms with E-state index in [9.17, 15) is 4.79 Å². The molecule has 3 rings (SSSR count). The molecule has 1 unspecified atom stereocenters. The number of halogens is 3. The standard InChI is InChI=1S/C15H10BrCl2NOS/c16-11-4-2-1-3-10(11)15-19(14(20)8-21-15)9-5-6-12(17)13(18)7-9/h1-7,15H,8H2. The minimum Gasteiger partial charge on any atom is -0.295 e. The molecule has 1 heterocycles. The van der Waals surface area contributed by atoms with Gasteiger partial charge >= 0.3 is 0 Å². The van der Waals surface area contributed by atoms with E-state index in [2.05, 4.69) is 15.9 Å². The van der Waals surface area contributed by atoms with Crippen LogP contribution in [0.25, 0.3) is 0 Å². The highest BCUT2D eigenvalue weighted by Crippen LogP contribution is 2.44. The van der Waals surface area contributed by atoms with Gasteiger partial charge in [-0.15, -0.1) is 11.8 Å². The van der Waals surface area contributed by atoms with Gasteiger partial charge in [0, 0.05) is 10.2 Å². The van der Waals surface area contributed by atoms with E-state index in [0.717, 1.165) is 15.7 Å². The van der Waals surface area contributed by atoms with E-state index in [4.69, 9.17) is 23.2 Å². The molecule has 0 bridgehead atoms. The fraction of sp³-hybridized carbons (Fsp3) is 0.133. The van der Waals surface area contributed by atoms with Crippen LogP contribution in [0, 0.1) is 0 Å². The molecule has 0 aliphatic carbocycles. The summed E-state index contributed by atoms with van der Waals surface area (Å²) in [6.07, 6.45) is 0. The summed E-state index contributed by atoms with van der Waals surface area (Å²) in [4.78, 5) is 14.1. The zero-order valence-corrected chi connectivity index (χ0v) is 14.6. The maximum absolute atomic E-state index is 12.3. The van der Waals surface area contributed by atoms with Crippen LogP contribution in [0.3, 0.4) is 0 Å². The van der Waals surface area contributed by atoms with Crippen molar-refractivity contribution in [2.45, 2.75) is 5.37 Å². The largest absolute Gasteiger partial charge is 0.295 e. The summed E-state index contributed by atoms with van der Waals surface area (Å²) in [7, 11) is 0. The Labute approximate surface area is 145 Å². The molecule has 0 spiro atoms. The second kappa shape index (κ2) is 6.21. The fourth-order valence-corrected chi connectivity index (χ4v) is 4.40. The Morgan fingerprint density at radius 3 is 2.62 bits per heavy atom. The van der Waals surface area contributed by atoms with Crippen molar-refractivity contribution < 1.29 is 4.79 Å². The molecule has 6 heteroatoms. The van der Waals surface area contributed by atoms with Crippen LogP contribution in [0.4, 0.5) is 5.69 Å². The maximum atomic E-state index is 12.3. The van der Waals surface area contributed by atoms with Crippen molar-refractivity contribution >= 4 is 62.5 Å². The highest BCUT2D eigenvalue weighted by atomic mass is 79.9. The van der Waals surface area contributed by atoms with Gasteiger partial charge in [0.2, 0.25) is 5.91 Å². The molecule has 1 fully saturated rings. The number of hydrogen-bond acceptors (Lipinski definition) is 2. The molecular formula is C15H10BrCl2NOS. The molecule has 1 saturated heterocycles. The van der Waals surface area contributed by atoms with Crippen molar-refractivity contribution in [2.24, 2.45) is 0 Å². The summed E-state index contributed by atoms with van der Waals surface area (Å²) in [5.41, 5.74) is 1.83. The minimum absolute atomic E-state index is 0.0645. The molecule has 1 aliphatic rings. The van der Waals surface area contributed by atoms with Gasteiger partial charge in [-0.3, -0.25) is 9.69 Å². The van der Waals surface area contributed by atoms with E-state index in [1.54, 1.807) is 28.8 Å². The topological polar surface area (TPSA) is 20.3 Å². The van der Waals surface area contributed by atoms with Gasteiger partial charge in [-0.1, -0.05) is 57.3 Å². The molecule has 0 radical (unpaired) electrons. The zero-order chi connectivity index (χ0) is 15.0. The molecule has 2 aromatic rings. The van der Waals surface area contributed by atoms with Crippen molar-refractivity contribution in [3.05, 3.63) is 62.5 Å². The summed E-state index contributed by atoms with van der Waals surface area (Å²) in [5.74, 6) is 0.519. The number of benzene rings is 2. The first-order chi connectivity index (χ1) is 10.1. The van der Waals surface area contributed by atoms with E-state index in [1.165, 1.54) is 0 Å². The van der Waals surface area contributed by atoms with E-state index < -0.39 is 0 Å². The summed E-state index contributed by atoms with van der Waals surface area (Å²) in [6.45, 7) is 0. The van der Waals surface area contributed by atoms with Crippen molar-refractivity contribution in [2.75, 3.05) is 10.7 Å². The molecule has 0 aromatic heterocycles. The molecule has 0 saturated carbocycles. The lowest BCUT2D eigenvalue weighted by Gasteiger charge is -2.25. The van der Waals surface area contributed by atoms with Gasteiger partial charge in [0.1, 0.15) is 5.37 Å². The third-order valence-electron chi connectivity index (χ3n) is 3.22. The molecule has 21 heavy (non-hydrogen) atoms. The molecule has 2 aromatic carbocycles. The maximum Gasteiger partial charge on any atom is 0.238 e. The number of nitrogens with zero attached hydrogens (tertiary/aromatic N) is 1. The van der Waals surface area contributed by atoms with Crippen LogP contribution in [-0.4, -0.2) is 11.7 Å². The Hall–Kier alpha value is -0.680. The molecule has 1 atom stereocenters. The number of anilines is 1. The quantitative estimate of drug-likeness (QED) is 0.657. The van der Waals surface area contributed by atoms with Gasteiger partial charge in [0.15, 0.2) is 0 Å². The van der Waals surface area contributed by atoms with E-state index in [-0.39, 0.29) is 11.3 Å². The molecular weight excluding hydrogens is 393 g/mol. The summed E-state index contributed by atoms with van der Waals surface area (Å²) < 4.78 is 0.988. The van der Waals surface area contributed by atoms with Crippen LogP contribution in [0.1, 0.15) is 10.9 Å². The van der Waals surface area contributed by atoms with Crippen LogP contribution in [0.2, 0.25) is 10.0 Å². The third kappa shape index (κ3) is 2.95. The predicted octanol–water partition coefficient (Wildman–Crippen LogP) is 5.53. The van der Waals surface area contributed by atoms with Crippen molar-refractivity contribution in [3.63, 3.8) is 0 Å². The molecule has 2 nitrogen and oxygen atoms in total. The first kappa shape index (κ1) is 15.2. The highest BCUT2D eigenvalue weighted by molar-refractivity contribution is 9.10. The van der Waals surface area contributed by atoms with Gasteiger partial charge in [0.05, 0.1) is 15.8 Å². The van der Waals surface area contributed by atoms with Crippen LogP contribution < -0.4 is 4.90 Å². The van der Waals surface area contributed by atoms with E-state index in [1.807, 2.05) is 30.3 Å². The lowest BCUT2D eigenvalue weighted by Crippen LogP contribution is -2.27. The first-order valence-corrected chi connectivity index (χ1v) is 8.81. The number of carbonyl (C=O) groups is 1. The van der Waals surface area contributed by atoms with Gasteiger partial charge < -0.3 is 0 Å². The van der Waals surface area contributed by atoms with Crippen molar-refractivity contribution in [1.29, 1.82) is 0 Å². The number of amides is 1. The van der Waals surface area contributed by atoms with Crippen LogP contribution >= 0.6 is 50.9 Å². The van der Waals surface area contributed by atoms with Crippen LogP contribution in [0.5, 0.6) is 0 Å². The Bertz CT molecular complexity index is 710. The minimum atomic E-state index is -0.0645. The van der Waals surface area contributed by atoms with E-state index in [0.29, 0.717) is 15.8 Å². The molecule has 1 aliphatic heterocycles. The fourth-order valence-electron chi connectivity index (χ4n) is 2.24. The second-order valence-electron chi connectivity index (χ2n) is 4.55. The van der Waals surface area contributed by atoms with Crippen LogP contribution in [0.15, 0.2) is 46.9 Å². The summed E-state index contributed by atoms with van der Waals surface area (Å²) >= 11 is 17.2. The normalized spacial score (nSPS) is 18.3. The van der Waals surface area contributed by atoms with Gasteiger partial charge in [-0.05, 0) is 29.8 Å². The number of hydrogen-bond donors (Lipinski definition) is 0. The summed E-state index contributed by atoms with van der Waals surface area (Å²) in [6, 6.07) is 13.2. The number of thioether (sulfide) groups is 1. The van der Waals surface area contributed by atoms with Gasteiger partial charge in [0.25, 0.3) is 0 Å². The molecule has 108 valence electrons. The van der Waals surface area contributed by atoms with Crippen molar-refractivity contribution in [1.82, 2.24) is 0 Å². The Morgan fingerprint density at radius 2 is 1.90 bits per heavy atom. The monoisotopic (exact) mass is 401 g/mol. The molecule has 0 N–H and O–H groups in total. The lowest BCUT2D eigenvalue weighted by molar-refractivity contribution is -0.115. The zero-order valence-electron chi connectivity index (χ0n) is 10.7. The SMILES string of the molecule is O=C1CSC(c2ccccc2Br)N1c1ccc(Cl)c(Cl)c1. The van der Waals surface area contributed by atoms with Crippen molar-refractivity contribution in [3.8, 4) is 0 Å². The third-order valence-corrected chi connectivity index (χ3v) is 5.88. The van der Waals surface area contributed by atoms with Gasteiger partial charge in [-0.25, -0.2) is 0 Å². The lowest BCUT2D eigenvalue weighted by atomic mass is 10.2. The highest BCUT2D eigenvalue weighted by Gasteiger charge is 2.35. The Morgan fingerprint density at radius 1 is 1.14 bits per heavy atom. The van der Waals surface area contributed by atoms with E-state index >= 15 is 0 Å². The Kier molecular flexibility index (Phi) is 4.50. The average Bonchev–Trinajstić information content (AvgIpc) is 2.84.